The first-order valence-electron chi connectivity index (χ1n) is 12.4. The van der Waals surface area contributed by atoms with E-state index in [2.05, 4.69) is 20.4 Å². The van der Waals surface area contributed by atoms with Crippen LogP contribution in [0.1, 0.15) is 129 Å². The maximum Gasteiger partial charge on any atom is 0.303 e. The molecule has 0 saturated carbocycles. The van der Waals surface area contributed by atoms with Crippen LogP contribution in [0, 0.1) is 0 Å². The van der Waals surface area contributed by atoms with Crippen molar-refractivity contribution in [3.05, 3.63) is 12.7 Å². The summed E-state index contributed by atoms with van der Waals surface area (Å²) in [6.07, 6.45) is 27.8. The Morgan fingerprint density at radius 3 is 0.793 bits per heavy atom. The van der Waals surface area contributed by atoms with Gasteiger partial charge in [0.15, 0.2) is 0 Å². The monoisotopic (exact) mass is 414 g/mol. The number of methoxy groups -OCH3 is 3. The average Bonchev–Trinajstić information content (AvgIpc) is 2.76. The molecule has 0 N–H and O–H groups in total. The van der Waals surface area contributed by atoms with Gasteiger partial charge in [0.2, 0.25) is 0 Å². The van der Waals surface area contributed by atoms with Crippen LogP contribution in [0.2, 0.25) is 0 Å². The molecule has 3 nitrogen and oxygen atoms in total. The Hall–Kier alpha value is -0.380. The summed E-state index contributed by atoms with van der Waals surface area (Å²) >= 11 is 0. The molecule has 0 atom stereocenters. The molecule has 0 aromatic carbocycles. The minimum atomic E-state index is -1.07. The van der Waals surface area contributed by atoms with Crippen LogP contribution in [0.3, 0.4) is 0 Å². The predicted octanol–water partition coefficient (Wildman–Crippen LogP) is 8.81. The fourth-order valence-electron chi connectivity index (χ4n) is 3.47. The van der Waals surface area contributed by atoms with Gasteiger partial charge in [0.25, 0.3) is 0 Å². The lowest BCUT2D eigenvalue weighted by Gasteiger charge is -2.24. The van der Waals surface area contributed by atoms with Gasteiger partial charge in [0.05, 0.1) is 0 Å². The second-order valence-corrected chi connectivity index (χ2v) is 8.08. The Labute approximate surface area is 184 Å². The molecule has 0 saturated heterocycles. The quantitative estimate of drug-likeness (QED) is 0.107. The first-order chi connectivity index (χ1) is 14.2. The fourth-order valence-corrected chi connectivity index (χ4v) is 3.47. The van der Waals surface area contributed by atoms with Gasteiger partial charge < -0.3 is 14.2 Å². The van der Waals surface area contributed by atoms with Crippen molar-refractivity contribution >= 4 is 0 Å². The van der Waals surface area contributed by atoms with Crippen molar-refractivity contribution < 1.29 is 14.2 Å². The molecule has 0 rings (SSSR count). The summed E-state index contributed by atoms with van der Waals surface area (Å²) in [6.45, 7) is 8.06. The SMILES string of the molecule is C=CC(OC)(OC)OC.CCCCCCCCCCCCCCCCCCCC. The molecule has 176 valence electrons. The van der Waals surface area contributed by atoms with Gasteiger partial charge in [-0.1, -0.05) is 136 Å². The molecule has 0 bridgehead atoms. The van der Waals surface area contributed by atoms with E-state index in [4.69, 9.17) is 14.2 Å². The molecule has 0 radical (unpaired) electrons. The smallest absolute Gasteiger partial charge is 0.303 e. The lowest BCUT2D eigenvalue weighted by molar-refractivity contribution is -0.318. The van der Waals surface area contributed by atoms with E-state index in [1.54, 1.807) is 0 Å². The van der Waals surface area contributed by atoms with Crippen molar-refractivity contribution in [2.75, 3.05) is 21.3 Å². The first kappa shape index (κ1) is 30.8. The van der Waals surface area contributed by atoms with Gasteiger partial charge in [-0.2, -0.15) is 0 Å². The highest BCUT2D eigenvalue weighted by molar-refractivity contribution is 4.79. The molecule has 3 heteroatoms. The van der Waals surface area contributed by atoms with E-state index in [0.29, 0.717) is 0 Å². The second-order valence-electron chi connectivity index (χ2n) is 8.08. The molecule has 0 spiro atoms. The Balaban J connectivity index is 0. The van der Waals surface area contributed by atoms with Crippen molar-refractivity contribution in [2.24, 2.45) is 0 Å². The van der Waals surface area contributed by atoms with E-state index >= 15 is 0 Å². The topological polar surface area (TPSA) is 27.7 Å². The van der Waals surface area contributed by atoms with Crippen molar-refractivity contribution in [2.45, 2.75) is 135 Å². The van der Waals surface area contributed by atoms with Gasteiger partial charge >= 0.3 is 5.97 Å². The summed E-state index contributed by atoms with van der Waals surface area (Å²) in [7, 11) is 4.44. The zero-order valence-corrected chi connectivity index (χ0v) is 20.7. The van der Waals surface area contributed by atoms with Gasteiger partial charge in [-0.25, -0.2) is 0 Å². The van der Waals surface area contributed by atoms with Crippen molar-refractivity contribution in [3.8, 4) is 0 Å². The molecule has 0 heterocycles. The zero-order valence-electron chi connectivity index (χ0n) is 20.7. The van der Waals surface area contributed by atoms with Gasteiger partial charge in [0.1, 0.15) is 0 Å². The standard InChI is InChI=1S/C20H42.C6H12O3/c1-3-5-7-9-11-13-15-17-19-20-18-16-14-12-10-8-6-4-2;1-5-6(7-2,8-3)9-4/h3-20H2,1-2H3;5H,1H2,2-4H3. The van der Waals surface area contributed by atoms with Crippen LogP contribution in [0.5, 0.6) is 0 Å². The van der Waals surface area contributed by atoms with Crippen molar-refractivity contribution in [1.29, 1.82) is 0 Å². The molecule has 0 aliphatic rings. The van der Waals surface area contributed by atoms with E-state index in [-0.39, 0.29) is 0 Å². The van der Waals surface area contributed by atoms with Crippen LogP contribution in [-0.2, 0) is 14.2 Å². The van der Waals surface area contributed by atoms with Crippen LogP contribution in [0.25, 0.3) is 0 Å². The Morgan fingerprint density at radius 2 is 0.690 bits per heavy atom. The largest absolute Gasteiger partial charge is 0.327 e. The first-order valence-corrected chi connectivity index (χ1v) is 12.4. The third-order valence-corrected chi connectivity index (χ3v) is 5.56. The summed E-state index contributed by atoms with van der Waals surface area (Å²) in [5.41, 5.74) is 0. The van der Waals surface area contributed by atoms with E-state index in [1.807, 2.05) is 0 Å². The van der Waals surface area contributed by atoms with E-state index in [0.717, 1.165) is 0 Å². The van der Waals surface area contributed by atoms with Crippen LogP contribution >= 0.6 is 0 Å². The maximum absolute atomic E-state index is 4.82. The lowest BCUT2D eigenvalue weighted by Crippen LogP contribution is -2.32. The van der Waals surface area contributed by atoms with Gasteiger partial charge in [-0.15, -0.1) is 0 Å². The van der Waals surface area contributed by atoms with Crippen LogP contribution in [0.15, 0.2) is 12.7 Å². The number of unbranched alkanes of at least 4 members (excludes halogenated alkanes) is 17. The Morgan fingerprint density at radius 1 is 0.483 bits per heavy atom. The number of hydrogen-bond acceptors (Lipinski definition) is 3. The summed E-state index contributed by atoms with van der Waals surface area (Å²) < 4.78 is 14.5. The molecular formula is C26H54O3. The highest BCUT2D eigenvalue weighted by Gasteiger charge is 2.23. The summed E-state index contributed by atoms with van der Waals surface area (Å²) in [5.74, 6) is -1.07. The number of hydrogen-bond donors (Lipinski definition) is 0. The minimum Gasteiger partial charge on any atom is -0.327 e. The second kappa shape index (κ2) is 25.7. The number of ether oxygens (including phenoxy) is 3. The number of rotatable bonds is 21. The maximum atomic E-state index is 4.82. The van der Waals surface area contributed by atoms with E-state index in [1.165, 1.54) is 143 Å². The molecule has 0 aromatic rings. The zero-order chi connectivity index (χ0) is 22.1. The lowest BCUT2D eigenvalue weighted by atomic mass is 10.0. The minimum absolute atomic E-state index is 1.07. The van der Waals surface area contributed by atoms with Crippen molar-refractivity contribution in [3.63, 3.8) is 0 Å². The molecule has 0 aliphatic heterocycles. The highest BCUT2D eigenvalue weighted by atomic mass is 16.9. The Kier molecular flexibility index (Phi) is 27.3. The van der Waals surface area contributed by atoms with E-state index < -0.39 is 5.97 Å². The molecular weight excluding hydrogens is 360 g/mol. The average molecular weight is 415 g/mol. The normalized spacial score (nSPS) is 11.2. The van der Waals surface area contributed by atoms with Gasteiger partial charge in [0, 0.05) is 21.3 Å². The summed E-state index contributed by atoms with van der Waals surface area (Å²) in [4.78, 5) is 0. The van der Waals surface area contributed by atoms with Crippen LogP contribution in [-0.4, -0.2) is 27.3 Å². The molecule has 0 amide bonds. The van der Waals surface area contributed by atoms with Crippen LogP contribution in [0.4, 0.5) is 0 Å². The predicted molar refractivity (Wildman–Crippen MR) is 128 cm³/mol. The molecule has 0 unspecified atom stereocenters. The van der Waals surface area contributed by atoms with Crippen LogP contribution < -0.4 is 0 Å². The summed E-state index contributed by atoms with van der Waals surface area (Å²) in [6, 6.07) is 0. The molecule has 0 fully saturated rings. The third kappa shape index (κ3) is 22.1. The third-order valence-electron chi connectivity index (χ3n) is 5.56. The molecule has 0 aromatic heterocycles. The summed E-state index contributed by atoms with van der Waals surface area (Å²) in [5, 5.41) is 0. The highest BCUT2D eigenvalue weighted by Crippen LogP contribution is 2.14. The Bertz CT molecular complexity index is 274. The van der Waals surface area contributed by atoms with Gasteiger partial charge in [-0.05, 0) is 6.08 Å². The fraction of sp³-hybridized carbons (Fsp3) is 0.923. The van der Waals surface area contributed by atoms with Gasteiger partial charge in [-0.3, -0.25) is 0 Å². The van der Waals surface area contributed by atoms with E-state index in [9.17, 15) is 0 Å². The molecule has 0 aliphatic carbocycles. The molecule has 29 heavy (non-hydrogen) atoms. The van der Waals surface area contributed by atoms with Crippen molar-refractivity contribution in [1.82, 2.24) is 0 Å².